The van der Waals surface area contributed by atoms with Gasteiger partial charge in [-0.05, 0) is 54.6 Å². The summed E-state index contributed by atoms with van der Waals surface area (Å²) in [7, 11) is 0. The number of hydrogen-bond donors (Lipinski definition) is 1. The van der Waals surface area contributed by atoms with Crippen molar-refractivity contribution in [2.24, 2.45) is 0 Å². The van der Waals surface area contributed by atoms with Crippen molar-refractivity contribution in [3.8, 4) is 16.3 Å². The highest BCUT2D eigenvalue weighted by Crippen LogP contribution is 2.42. The summed E-state index contributed by atoms with van der Waals surface area (Å²) in [4.78, 5) is 14.3. The highest BCUT2D eigenvalue weighted by atomic mass is 35.5. The van der Waals surface area contributed by atoms with E-state index >= 15 is 0 Å². The van der Waals surface area contributed by atoms with Crippen LogP contribution in [0.25, 0.3) is 10.6 Å². The molecule has 11 heteroatoms. The van der Waals surface area contributed by atoms with Crippen LogP contribution in [0.15, 0.2) is 18.3 Å². The van der Waals surface area contributed by atoms with Gasteiger partial charge in [0, 0.05) is 18.2 Å². The van der Waals surface area contributed by atoms with Crippen LogP contribution < -0.4 is 4.74 Å². The van der Waals surface area contributed by atoms with Crippen molar-refractivity contribution < 1.29 is 27.8 Å². The number of hydrogen-bond acceptors (Lipinski definition) is 6. The van der Waals surface area contributed by atoms with Crippen LogP contribution in [0.2, 0.25) is 4.47 Å². The number of aromatic nitrogens is 2. The Morgan fingerprint density at radius 3 is 2.60 bits per heavy atom. The Bertz CT molecular complexity index is 1080. The van der Waals surface area contributed by atoms with E-state index in [-0.39, 0.29) is 28.8 Å². The van der Waals surface area contributed by atoms with Crippen LogP contribution in [0.4, 0.5) is 13.2 Å². The van der Waals surface area contributed by atoms with Gasteiger partial charge in [-0.1, -0.05) is 17.7 Å². The molecule has 30 heavy (non-hydrogen) atoms. The first-order chi connectivity index (χ1) is 14.1. The van der Waals surface area contributed by atoms with Crippen molar-refractivity contribution in [1.29, 1.82) is 0 Å². The summed E-state index contributed by atoms with van der Waals surface area (Å²) in [5, 5.41) is 8.86. The third-order valence-corrected chi connectivity index (χ3v) is 6.64. The SMILES string of the molecule is Cc1c(CCC(=O)O)ccc(OCc2c(-c3cnc(Cl)s3)nsc2C(F)(F)F)c1C. The molecular formula is C19H16ClF3N2O3S2. The molecule has 0 fully saturated rings. The second-order valence-electron chi connectivity index (χ2n) is 6.47. The van der Waals surface area contributed by atoms with Gasteiger partial charge in [0.2, 0.25) is 0 Å². The zero-order valence-electron chi connectivity index (χ0n) is 15.8. The molecule has 1 aromatic carbocycles. The Balaban J connectivity index is 1.89. The fourth-order valence-corrected chi connectivity index (χ4v) is 4.67. The summed E-state index contributed by atoms with van der Waals surface area (Å²) >= 11 is 7.23. The van der Waals surface area contributed by atoms with Gasteiger partial charge >= 0.3 is 12.1 Å². The van der Waals surface area contributed by atoms with Crippen molar-refractivity contribution in [2.75, 3.05) is 0 Å². The number of carboxylic acids is 1. The van der Waals surface area contributed by atoms with Gasteiger partial charge in [-0.2, -0.15) is 17.5 Å². The molecule has 0 aliphatic heterocycles. The summed E-state index contributed by atoms with van der Waals surface area (Å²) in [5.74, 6) is -0.466. The molecule has 160 valence electrons. The number of carboxylic acid groups (broad SMARTS) is 1. The minimum Gasteiger partial charge on any atom is -0.488 e. The van der Waals surface area contributed by atoms with Gasteiger partial charge in [0.25, 0.3) is 0 Å². The monoisotopic (exact) mass is 476 g/mol. The summed E-state index contributed by atoms with van der Waals surface area (Å²) in [6.07, 6.45) is -2.81. The standard InChI is InChI=1S/C19H16ClF3N2O3S2/c1-9-10(2)13(5-3-11(9)4-6-15(26)27)28-8-12-16(14-7-24-18(20)29-14)25-30-17(12)19(21,22)23/h3,5,7H,4,6,8H2,1-2H3,(H,26,27). The maximum atomic E-state index is 13.5. The molecule has 0 amide bonds. The molecule has 2 heterocycles. The van der Waals surface area contributed by atoms with Crippen molar-refractivity contribution in [2.45, 2.75) is 39.5 Å². The van der Waals surface area contributed by atoms with Gasteiger partial charge in [0.15, 0.2) is 4.47 Å². The Morgan fingerprint density at radius 2 is 2.00 bits per heavy atom. The number of nitrogens with zero attached hydrogens (tertiary/aromatic N) is 2. The van der Waals surface area contributed by atoms with E-state index in [0.717, 1.165) is 28.0 Å². The smallest absolute Gasteiger partial charge is 0.427 e. The average molecular weight is 477 g/mol. The average Bonchev–Trinajstić information content (AvgIpc) is 3.27. The molecular weight excluding hydrogens is 461 g/mol. The van der Waals surface area contributed by atoms with Gasteiger partial charge in [-0.3, -0.25) is 4.79 Å². The van der Waals surface area contributed by atoms with Crippen LogP contribution in [0.5, 0.6) is 5.75 Å². The first-order valence-electron chi connectivity index (χ1n) is 8.69. The van der Waals surface area contributed by atoms with Crippen LogP contribution in [0, 0.1) is 13.8 Å². The van der Waals surface area contributed by atoms with Crippen LogP contribution in [0.3, 0.4) is 0 Å². The molecule has 0 unspecified atom stereocenters. The maximum absolute atomic E-state index is 13.5. The molecule has 0 aliphatic carbocycles. The fourth-order valence-electron chi connectivity index (χ4n) is 2.89. The molecule has 0 atom stereocenters. The van der Waals surface area contributed by atoms with E-state index in [0.29, 0.717) is 28.6 Å². The van der Waals surface area contributed by atoms with Crippen LogP contribution >= 0.6 is 34.5 Å². The predicted molar refractivity (Wildman–Crippen MR) is 109 cm³/mol. The van der Waals surface area contributed by atoms with E-state index in [1.807, 2.05) is 6.92 Å². The lowest BCUT2D eigenvalue weighted by atomic mass is 9.99. The van der Waals surface area contributed by atoms with Crippen LogP contribution in [-0.4, -0.2) is 20.4 Å². The molecule has 0 radical (unpaired) electrons. The van der Waals surface area contributed by atoms with Gasteiger partial charge in [-0.15, -0.1) is 11.3 Å². The van der Waals surface area contributed by atoms with E-state index < -0.39 is 17.0 Å². The van der Waals surface area contributed by atoms with Crippen molar-refractivity contribution in [3.05, 3.63) is 49.9 Å². The summed E-state index contributed by atoms with van der Waals surface area (Å²) in [5.41, 5.74) is 2.54. The summed E-state index contributed by atoms with van der Waals surface area (Å²) in [6, 6.07) is 3.39. The Hall–Kier alpha value is -2.17. The lowest BCUT2D eigenvalue weighted by molar-refractivity contribution is -0.137. The molecule has 0 bridgehead atoms. The van der Waals surface area contributed by atoms with E-state index in [4.69, 9.17) is 21.4 Å². The molecule has 0 saturated carbocycles. The van der Waals surface area contributed by atoms with E-state index in [9.17, 15) is 18.0 Å². The quantitative estimate of drug-likeness (QED) is 0.442. The number of benzene rings is 1. The van der Waals surface area contributed by atoms with Crippen molar-refractivity contribution in [3.63, 3.8) is 0 Å². The number of ether oxygens (including phenoxy) is 1. The second-order valence-corrected chi connectivity index (χ2v) is 8.86. The fraction of sp³-hybridized carbons (Fsp3) is 0.316. The molecule has 3 rings (SSSR count). The van der Waals surface area contributed by atoms with Crippen molar-refractivity contribution >= 4 is 40.4 Å². The topological polar surface area (TPSA) is 72.3 Å². The number of rotatable bonds is 7. The highest BCUT2D eigenvalue weighted by Gasteiger charge is 2.38. The van der Waals surface area contributed by atoms with E-state index in [2.05, 4.69) is 9.36 Å². The second kappa shape index (κ2) is 8.91. The van der Waals surface area contributed by atoms with Gasteiger partial charge in [0.1, 0.15) is 22.9 Å². The largest absolute Gasteiger partial charge is 0.488 e. The first-order valence-corrected chi connectivity index (χ1v) is 10.7. The van der Waals surface area contributed by atoms with Gasteiger partial charge < -0.3 is 9.84 Å². The van der Waals surface area contributed by atoms with Gasteiger partial charge in [0.05, 0.1) is 4.88 Å². The first kappa shape index (κ1) is 22.5. The highest BCUT2D eigenvalue weighted by molar-refractivity contribution is 7.19. The Labute approximate surface area is 183 Å². The van der Waals surface area contributed by atoms with Gasteiger partial charge in [-0.25, -0.2) is 4.98 Å². The predicted octanol–water partition coefficient (Wildman–Crippen LogP) is 6.15. The van der Waals surface area contributed by atoms with E-state index in [1.165, 1.54) is 6.20 Å². The molecule has 2 aromatic heterocycles. The third-order valence-electron chi connectivity index (χ3n) is 4.59. The Morgan fingerprint density at radius 1 is 1.27 bits per heavy atom. The lowest BCUT2D eigenvalue weighted by Crippen LogP contribution is -2.09. The number of aryl methyl sites for hydroxylation is 1. The molecule has 0 spiro atoms. The normalized spacial score (nSPS) is 11.7. The molecule has 1 N–H and O–H groups in total. The minimum atomic E-state index is -4.56. The minimum absolute atomic E-state index is 0.00321. The number of aliphatic carboxylic acids is 1. The third kappa shape index (κ3) is 4.93. The number of thiazole rings is 1. The molecule has 0 aliphatic rings. The number of halogens is 4. The van der Waals surface area contributed by atoms with E-state index in [1.54, 1.807) is 19.1 Å². The summed E-state index contributed by atoms with van der Waals surface area (Å²) in [6.45, 7) is 3.29. The molecule has 5 nitrogen and oxygen atoms in total. The van der Waals surface area contributed by atoms with Crippen LogP contribution in [-0.2, 0) is 24.0 Å². The van der Waals surface area contributed by atoms with Crippen LogP contribution in [0.1, 0.15) is 33.6 Å². The Kier molecular flexibility index (Phi) is 6.68. The zero-order chi connectivity index (χ0) is 22.1. The number of alkyl halides is 3. The molecule has 3 aromatic rings. The maximum Gasteiger partial charge on any atom is 0.427 e. The zero-order valence-corrected chi connectivity index (χ0v) is 18.2. The van der Waals surface area contributed by atoms with Crippen molar-refractivity contribution in [1.82, 2.24) is 9.36 Å². The number of carbonyl (C=O) groups is 1. The summed E-state index contributed by atoms with van der Waals surface area (Å²) < 4.78 is 50.4. The lowest BCUT2D eigenvalue weighted by Gasteiger charge is -2.15. The molecule has 0 saturated heterocycles.